The summed E-state index contributed by atoms with van der Waals surface area (Å²) in [6, 6.07) is 3.68. The molecule has 1 heterocycles. The van der Waals surface area contributed by atoms with Gasteiger partial charge < -0.3 is 10.8 Å². The summed E-state index contributed by atoms with van der Waals surface area (Å²) in [6.45, 7) is 0. The number of carboxylic acid groups (broad SMARTS) is 1. The predicted molar refractivity (Wildman–Crippen MR) is 108 cm³/mol. The van der Waals surface area contributed by atoms with Gasteiger partial charge in [0.05, 0.1) is 10.9 Å². The lowest BCUT2D eigenvalue weighted by Gasteiger charge is -2.20. The van der Waals surface area contributed by atoms with E-state index in [1.54, 1.807) is 12.1 Å². The molecule has 0 aliphatic rings. The number of alkyl halides is 3. The summed E-state index contributed by atoms with van der Waals surface area (Å²) in [5.41, 5.74) is 5.80. The Hall–Kier alpha value is -1.55. The van der Waals surface area contributed by atoms with Crippen molar-refractivity contribution in [2.24, 2.45) is 5.73 Å². The van der Waals surface area contributed by atoms with Crippen LogP contribution in [0.3, 0.4) is 0 Å². The first-order valence-corrected chi connectivity index (χ1v) is 10.4. The van der Waals surface area contributed by atoms with Gasteiger partial charge in [-0.25, -0.2) is 9.97 Å². The predicted octanol–water partition coefficient (Wildman–Crippen LogP) is 5.02. The van der Waals surface area contributed by atoms with Crippen LogP contribution in [0.2, 0.25) is 10.0 Å². The van der Waals surface area contributed by atoms with E-state index >= 15 is 0 Å². The van der Waals surface area contributed by atoms with Crippen molar-refractivity contribution in [2.45, 2.75) is 31.0 Å². The third-order valence-electron chi connectivity index (χ3n) is 4.08. The Balaban J connectivity index is 2.04. The zero-order valence-corrected chi connectivity index (χ0v) is 17.3. The quantitative estimate of drug-likeness (QED) is 0.503. The highest BCUT2D eigenvalue weighted by molar-refractivity contribution is 7.99. The number of carbonyl (C=O) groups is 1. The van der Waals surface area contributed by atoms with Crippen LogP contribution in [0.1, 0.15) is 24.3 Å². The highest BCUT2D eigenvalue weighted by atomic mass is 35.5. The second kappa shape index (κ2) is 10.5. The van der Waals surface area contributed by atoms with Crippen LogP contribution in [0.4, 0.5) is 13.2 Å². The number of aromatic nitrogens is 2. The third kappa shape index (κ3) is 7.02. The van der Waals surface area contributed by atoms with Gasteiger partial charge in [0.25, 0.3) is 0 Å². The fraction of sp³-hybridized carbons (Fsp3) is 0.389. The molecule has 0 radical (unpaired) electrons. The molecule has 0 saturated carbocycles. The van der Waals surface area contributed by atoms with Gasteiger partial charge in [0.15, 0.2) is 5.82 Å². The fourth-order valence-corrected chi connectivity index (χ4v) is 4.00. The molecule has 2 atom stereocenters. The van der Waals surface area contributed by atoms with E-state index in [9.17, 15) is 18.0 Å². The molecule has 2 aromatic rings. The largest absolute Gasteiger partial charge is 0.480 e. The number of hydrogen-bond acceptors (Lipinski definition) is 5. The molecule has 0 aliphatic heterocycles. The number of halogens is 5. The summed E-state index contributed by atoms with van der Waals surface area (Å²) < 4.78 is 40.4. The molecule has 1 aromatic heterocycles. The van der Waals surface area contributed by atoms with E-state index in [-0.39, 0.29) is 30.0 Å². The van der Waals surface area contributed by atoms with Crippen LogP contribution < -0.4 is 5.73 Å². The summed E-state index contributed by atoms with van der Waals surface area (Å²) in [5.74, 6) is -2.09. The molecule has 3 N–H and O–H groups in total. The van der Waals surface area contributed by atoms with E-state index in [4.69, 9.17) is 34.0 Å². The number of nitrogens with zero attached hydrogens (tertiary/aromatic N) is 2. The van der Waals surface area contributed by atoms with Gasteiger partial charge in [-0.3, -0.25) is 4.79 Å². The van der Waals surface area contributed by atoms with Crippen molar-refractivity contribution >= 4 is 40.9 Å². The maximum atomic E-state index is 13.5. The molecular formula is C18H18Cl2F3N3O2S. The Labute approximate surface area is 179 Å². The van der Waals surface area contributed by atoms with Gasteiger partial charge in [0, 0.05) is 28.5 Å². The number of carboxylic acids is 1. The SMILES string of the molecule is NC(CCSCCC(c1cnc(-c2ccc(Cl)cc2Cl)nc1)C(F)(F)F)C(=O)O. The van der Waals surface area contributed by atoms with E-state index in [1.165, 1.54) is 17.8 Å². The fourth-order valence-electron chi connectivity index (χ4n) is 2.48. The minimum absolute atomic E-state index is 0.0471. The van der Waals surface area contributed by atoms with Crippen LogP contribution in [0.15, 0.2) is 30.6 Å². The smallest absolute Gasteiger partial charge is 0.395 e. The monoisotopic (exact) mass is 467 g/mol. The first kappa shape index (κ1) is 23.7. The molecular weight excluding hydrogens is 450 g/mol. The topological polar surface area (TPSA) is 89.1 Å². The van der Waals surface area contributed by atoms with Gasteiger partial charge in [0.2, 0.25) is 0 Å². The summed E-state index contributed by atoms with van der Waals surface area (Å²) in [4.78, 5) is 18.7. The average molecular weight is 468 g/mol. The van der Waals surface area contributed by atoms with E-state index in [1.807, 2.05) is 0 Å². The minimum atomic E-state index is -4.46. The number of nitrogens with two attached hydrogens (primary N) is 1. The standard InChI is InChI=1S/C18H18Cl2F3N3O2S/c19-11-1-2-12(14(20)7-11)16-25-8-10(9-26-16)13(18(21,22)23)3-5-29-6-4-15(24)17(27)28/h1-2,7-9,13,15H,3-6,24H2,(H,27,28). The molecule has 0 amide bonds. The number of rotatable bonds is 9. The molecule has 158 valence electrons. The molecule has 2 rings (SSSR count). The maximum absolute atomic E-state index is 13.5. The number of thioether (sulfide) groups is 1. The molecule has 0 saturated heterocycles. The van der Waals surface area contributed by atoms with Crippen LogP contribution in [0.5, 0.6) is 0 Å². The first-order chi connectivity index (χ1) is 13.6. The van der Waals surface area contributed by atoms with E-state index < -0.39 is 24.1 Å². The summed E-state index contributed by atoms with van der Waals surface area (Å²) in [7, 11) is 0. The second-order valence-electron chi connectivity index (χ2n) is 6.19. The van der Waals surface area contributed by atoms with Crippen LogP contribution in [-0.2, 0) is 4.79 Å². The van der Waals surface area contributed by atoms with E-state index in [2.05, 4.69) is 9.97 Å². The van der Waals surface area contributed by atoms with Crippen molar-refractivity contribution in [2.75, 3.05) is 11.5 Å². The van der Waals surface area contributed by atoms with Gasteiger partial charge in [0.1, 0.15) is 6.04 Å². The Morgan fingerprint density at radius 1 is 1.17 bits per heavy atom. The van der Waals surface area contributed by atoms with Crippen LogP contribution in [0.25, 0.3) is 11.4 Å². The highest BCUT2D eigenvalue weighted by Crippen LogP contribution is 2.38. The molecule has 2 unspecified atom stereocenters. The Morgan fingerprint density at radius 3 is 2.34 bits per heavy atom. The Morgan fingerprint density at radius 2 is 1.79 bits per heavy atom. The zero-order valence-electron chi connectivity index (χ0n) is 15.0. The van der Waals surface area contributed by atoms with Crippen molar-refractivity contribution < 1.29 is 23.1 Å². The van der Waals surface area contributed by atoms with Crippen molar-refractivity contribution in [3.05, 3.63) is 46.2 Å². The van der Waals surface area contributed by atoms with Gasteiger partial charge in [-0.2, -0.15) is 24.9 Å². The van der Waals surface area contributed by atoms with Crippen LogP contribution in [0, 0.1) is 0 Å². The lowest BCUT2D eigenvalue weighted by molar-refractivity contribution is -0.150. The average Bonchev–Trinajstić information content (AvgIpc) is 2.63. The molecule has 5 nitrogen and oxygen atoms in total. The molecule has 29 heavy (non-hydrogen) atoms. The third-order valence-corrected chi connectivity index (χ3v) is 5.68. The number of benzene rings is 1. The van der Waals surface area contributed by atoms with Crippen molar-refractivity contribution in [3.8, 4) is 11.4 Å². The summed E-state index contributed by atoms with van der Waals surface area (Å²) in [5, 5.41) is 9.43. The molecule has 1 aromatic carbocycles. The molecule has 0 spiro atoms. The number of aliphatic carboxylic acids is 1. The van der Waals surface area contributed by atoms with Crippen molar-refractivity contribution in [3.63, 3.8) is 0 Å². The Kier molecular flexibility index (Phi) is 8.57. The highest BCUT2D eigenvalue weighted by Gasteiger charge is 2.40. The van der Waals surface area contributed by atoms with Gasteiger partial charge in [-0.15, -0.1) is 0 Å². The Bertz CT molecular complexity index is 838. The zero-order chi connectivity index (χ0) is 21.6. The van der Waals surface area contributed by atoms with Gasteiger partial charge >= 0.3 is 12.1 Å². The number of hydrogen-bond donors (Lipinski definition) is 2. The summed E-state index contributed by atoms with van der Waals surface area (Å²) in [6.07, 6.45) is -2.15. The van der Waals surface area contributed by atoms with Crippen molar-refractivity contribution in [1.82, 2.24) is 9.97 Å². The lowest BCUT2D eigenvalue weighted by Crippen LogP contribution is -2.30. The minimum Gasteiger partial charge on any atom is -0.480 e. The second-order valence-corrected chi connectivity index (χ2v) is 8.26. The molecule has 11 heteroatoms. The van der Waals surface area contributed by atoms with E-state index in [0.29, 0.717) is 21.4 Å². The van der Waals surface area contributed by atoms with Gasteiger partial charge in [-0.05, 0) is 42.5 Å². The first-order valence-electron chi connectivity index (χ1n) is 8.49. The molecule has 0 aliphatic carbocycles. The normalized spacial score (nSPS) is 13.9. The summed E-state index contributed by atoms with van der Waals surface area (Å²) >= 11 is 13.2. The van der Waals surface area contributed by atoms with Crippen molar-refractivity contribution in [1.29, 1.82) is 0 Å². The maximum Gasteiger partial charge on any atom is 0.395 e. The van der Waals surface area contributed by atoms with Gasteiger partial charge in [-0.1, -0.05) is 23.2 Å². The molecule has 0 bridgehead atoms. The van der Waals surface area contributed by atoms with E-state index in [0.717, 1.165) is 12.4 Å². The lowest BCUT2D eigenvalue weighted by atomic mass is 9.99. The molecule has 0 fully saturated rings. The van der Waals surface area contributed by atoms with Crippen LogP contribution >= 0.6 is 35.0 Å². The van der Waals surface area contributed by atoms with Crippen LogP contribution in [-0.4, -0.2) is 44.8 Å².